The number of nitrogens with zero attached hydrogens (tertiary/aromatic N) is 2. The third-order valence-corrected chi connectivity index (χ3v) is 3.76. The van der Waals surface area contributed by atoms with Gasteiger partial charge < -0.3 is 10.3 Å². The van der Waals surface area contributed by atoms with Crippen LogP contribution in [0.15, 0.2) is 42.6 Å². The summed E-state index contributed by atoms with van der Waals surface area (Å²) >= 11 is 0. The molecule has 7 heteroatoms. The number of halogens is 3. The molecule has 0 radical (unpaired) electrons. The molecule has 126 valence electrons. The number of para-hydroxylation sites is 2. The molecule has 2 aromatic heterocycles. The first kappa shape index (κ1) is 16.3. The molecule has 0 fully saturated rings. The third-order valence-electron chi connectivity index (χ3n) is 3.76. The zero-order valence-corrected chi connectivity index (χ0v) is 13.2. The molecule has 1 atom stereocenters. The van der Waals surface area contributed by atoms with E-state index in [-0.39, 0.29) is 12.0 Å². The Hall–Kier alpha value is -2.57. The number of alkyl halides is 3. The van der Waals surface area contributed by atoms with Gasteiger partial charge in [-0.25, -0.2) is 9.97 Å². The summed E-state index contributed by atoms with van der Waals surface area (Å²) in [6.45, 7) is 4.02. The van der Waals surface area contributed by atoms with Gasteiger partial charge in [0.25, 0.3) is 0 Å². The van der Waals surface area contributed by atoms with Crippen LogP contribution in [-0.4, -0.2) is 15.0 Å². The van der Waals surface area contributed by atoms with Crippen LogP contribution in [0.4, 0.5) is 19.0 Å². The van der Waals surface area contributed by atoms with Crippen LogP contribution < -0.4 is 5.32 Å². The highest BCUT2D eigenvalue weighted by atomic mass is 19.4. The summed E-state index contributed by atoms with van der Waals surface area (Å²) in [5.74, 6) is 1.27. The maximum absolute atomic E-state index is 12.6. The predicted molar refractivity (Wildman–Crippen MR) is 86.5 cm³/mol. The second-order valence-corrected chi connectivity index (χ2v) is 5.94. The molecule has 2 heterocycles. The number of fused-ring (bicyclic) bond motifs is 1. The van der Waals surface area contributed by atoms with Gasteiger partial charge >= 0.3 is 6.18 Å². The van der Waals surface area contributed by atoms with Crippen molar-refractivity contribution < 1.29 is 13.2 Å². The number of rotatable bonds is 4. The lowest BCUT2D eigenvalue weighted by molar-refractivity contribution is -0.137. The van der Waals surface area contributed by atoms with Crippen LogP contribution in [0.5, 0.6) is 0 Å². The number of nitrogens with one attached hydrogen (secondary N) is 2. The quantitative estimate of drug-likeness (QED) is 0.721. The van der Waals surface area contributed by atoms with Crippen molar-refractivity contribution in [1.82, 2.24) is 15.0 Å². The van der Waals surface area contributed by atoms with Gasteiger partial charge in [0.1, 0.15) is 11.6 Å². The second kappa shape index (κ2) is 6.14. The lowest BCUT2D eigenvalue weighted by Gasteiger charge is -2.21. The zero-order valence-electron chi connectivity index (χ0n) is 13.2. The van der Waals surface area contributed by atoms with E-state index < -0.39 is 11.7 Å². The first-order valence-corrected chi connectivity index (χ1v) is 7.59. The molecule has 0 bridgehead atoms. The summed E-state index contributed by atoms with van der Waals surface area (Å²) in [7, 11) is 0. The molecule has 0 spiro atoms. The molecule has 0 saturated heterocycles. The van der Waals surface area contributed by atoms with Gasteiger partial charge in [0.05, 0.1) is 22.6 Å². The lowest BCUT2D eigenvalue weighted by Crippen LogP contribution is -2.19. The van der Waals surface area contributed by atoms with Crippen LogP contribution in [-0.2, 0) is 6.18 Å². The number of hydrogen-bond acceptors (Lipinski definition) is 3. The number of aromatic amines is 1. The van der Waals surface area contributed by atoms with Crippen LogP contribution >= 0.6 is 0 Å². The van der Waals surface area contributed by atoms with Crippen LogP contribution in [0.2, 0.25) is 0 Å². The van der Waals surface area contributed by atoms with Crippen LogP contribution in [0, 0.1) is 5.92 Å². The average molecular weight is 334 g/mol. The molecule has 0 aliphatic heterocycles. The Labute approximate surface area is 137 Å². The summed E-state index contributed by atoms with van der Waals surface area (Å²) in [4.78, 5) is 11.7. The van der Waals surface area contributed by atoms with Crippen molar-refractivity contribution in [2.75, 3.05) is 5.32 Å². The SMILES string of the molecule is CC(C)[C@H](Nc1ccc(C(F)(F)F)cn1)c1nc2ccccc2[nH]1. The predicted octanol–water partition coefficient (Wildman–Crippen LogP) is 4.79. The summed E-state index contributed by atoms with van der Waals surface area (Å²) in [5.41, 5.74) is 0.999. The highest BCUT2D eigenvalue weighted by molar-refractivity contribution is 5.74. The number of benzene rings is 1. The largest absolute Gasteiger partial charge is 0.417 e. The van der Waals surface area contributed by atoms with Gasteiger partial charge in [-0.05, 0) is 30.2 Å². The summed E-state index contributed by atoms with van der Waals surface area (Å²) in [6.07, 6.45) is -3.56. The van der Waals surface area contributed by atoms with Gasteiger partial charge in [-0.1, -0.05) is 26.0 Å². The van der Waals surface area contributed by atoms with E-state index in [0.717, 1.165) is 29.1 Å². The Kier molecular flexibility index (Phi) is 4.17. The minimum absolute atomic E-state index is 0.162. The van der Waals surface area contributed by atoms with E-state index in [9.17, 15) is 13.2 Å². The Morgan fingerprint density at radius 2 is 1.83 bits per heavy atom. The molecule has 0 aliphatic rings. The summed E-state index contributed by atoms with van der Waals surface area (Å²) in [5, 5.41) is 3.16. The summed E-state index contributed by atoms with van der Waals surface area (Å²) < 4.78 is 37.9. The van der Waals surface area contributed by atoms with E-state index in [0.29, 0.717) is 5.82 Å². The molecular weight excluding hydrogens is 317 g/mol. The Morgan fingerprint density at radius 3 is 2.42 bits per heavy atom. The van der Waals surface area contributed by atoms with Gasteiger partial charge in [0.2, 0.25) is 0 Å². The molecule has 3 rings (SSSR count). The first-order valence-electron chi connectivity index (χ1n) is 7.59. The normalized spacial score (nSPS) is 13.4. The average Bonchev–Trinajstić information content (AvgIpc) is 2.95. The van der Waals surface area contributed by atoms with E-state index in [2.05, 4.69) is 20.3 Å². The minimum atomic E-state index is -4.39. The maximum atomic E-state index is 12.6. The fourth-order valence-electron chi connectivity index (χ4n) is 2.48. The lowest BCUT2D eigenvalue weighted by atomic mass is 10.0. The molecule has 0 unspecified atom stereocenters. The Balaban J connectivity index is 1.86. The fraction of sp³-hybridized carbons (Fsp3) is 0.294. The molecule has 0 saturated carbocycles. The zero-order chi connectivity index (χ0) is 17.3. The monoisotopic (exact) mass is 334 g/mol. The number of hydrogen-bond donors (Lipinski definition) is 2. The molecule has 0 aliphatic carbocycles. The molecule has 2 N–H and O–H groups in total. The second-order valence-electron chi connectivity index (χ2n) is 5.94. The van der Waals surface area contributed by atoms with Crippen molar-refractivity contribution in [1.29, 1.82) is 0 Å². The van der Waals surface area contributed by atoms with Crippen molar-refractivity contribution in [2.45, 2.75) is 26.1 Å². The minimum Gasteiger partial charge on any atom is -0.360 e. The highest BCUT2D eigenvalue weighted by Gasteiger charge is 2.30. The molecule has 4 nitrogen and oxygen atoms in total. The molecular formula is C17H17F3N4. The van der Waals surface area contributed by atoms with E-state index in [1.54, 1.807) is 0 Å². The van der Waals surface area contributed by atoms with Crippen molar-refractivity contribution >= 4 is 16.9 Å². The molecule has 24 heavy (non-hydrogen) atoms. The van der Waals surface area contributed by atoms with Crippen LogP contribution in [0.3, 0.4) is 0 Å². The van der Waals surface area contributed by atoms with Crippen LogP contribution in [0.1, 0.15) is 31.3 Å². The van der Waals surface area contributed by atoms with E-state index in [1.165, 1.54) is 6.07 Å². The van der Waals surface area contributed by atoms with Gasteiger partial charge in [0, 0.05) is 6.20 Å². The van der Waals surface area contributed by atoms with E-state index in [1.807, 2.05) is 38.1 Å². The van der Waals surface area contributed by atoms with Crippen molar-refractivity contribution in [2.24, 2.45) is 5.92 Å². The van der Waals surface area contributed by atoms with Gasteiger partial charge in [0.15, 0.2) is 0 Å². The van der Waals surface area contributed by atoms with Crippen molar-refractivity contribution in [3.05, 3.63) is 54.0 Å². The molecule has 3 aromatic rings. The Morgan fingerprint density at radius 1 is 1.08 bits per heavy atom. The van der Waals surface area contributed by atoms with Crippen molar-refractivity contribution in [3.63, 3.8) is 0 Å². The third kappa shape index (κ3) is 3.34. The molecule has 1 aromatic carbocycles. The summed E-state index contributed by atoms with van der Waals surface area (Å²) in [6, 6.07) is 9.82. The first-order chi connectivity index (χ1) is 11.3. The van der Waals surface area contributed by atoms with Gasteiger partial charge in [-0.2, -0.15) is 13.2 Å². The smallest absolute Gasteiger partial charge is 0.360 e. The highest BCUT2D eigenvalue weighted by Crippen LogP contribution is 2.30. The standard InChI is InChI=1S/C17H17F3N4/c1-10(2)15(16-22-12-5-3-4-6-13(12)23-16)24-14-8-7-11(9-21-14)17(18,19)20/h3-10,15H,1-2H3,(H,21,24)(H,22,23)/t15-/m0/s1. The maximum Gasteiger partial charge on any atom is 0.417 e. The fourth-order valence-corrected chi connectivity index (χ4v) is 2.48. The van der Waals surface area contributed by atoms with Gasteiger partial charge in [-0.3, -0.25) is 0 Å². The van der Waals surface area contributed by atoms with Crippen LogP contribution in [0.25, 0.3) is 11.0 Å². The number of anilines is 1. The number of pyridine rings is 1. The van der Waals surface area contributed by atoms with Gasteiger partial charge in [-0.15, -0.1) is 0 Å². The van der Waals surface area contributed by atoms with E-state index in [4.69, 9.17) is 0 Å². The number of H-pyrrole nitrogens is 1. The van der Waals surface area contributed by atoms with E-state index >= 15 is 0 Å². The van der Waals surface area contributed by atoms with Crippen molar-refractivity contribution in [3.8, 4) is 0 Å². The molecule has 0 amide bonds. The number of aromatic nitrogens is 3. The topological polar surface area (TPSA) is 53.6 Å². The number of imidazole rings is 1. The Bertz CT molecular complexity index is 789.